The van der Waals surface area contributed by atoms with E-state index in [0.29, 0.717) is 24.5 Å². The monoisotopic (exact) mass is 269 g/mol. The third kappa shape index (κ3) is 2.51. The molecule has 2 saturated carbocycles. The molecule has 2 aliphatic carbocycles. The van der Waals surface area contributed by atoms with Gasteiger partial charge in [-0.25, -0.2) is 0 Å². The highest BCUT2D eigenvalue weighted by Gasteiger charge is 2.54. The number of carbonyl (C=O) groups excluding carboxylic acids is 1. The van der Waals surface area contributed by atoms with Crippen LogP contribution >= 0.6 is 0 Å². The zero-order chi connectivity index (χ0) is 13.9. The second-order valence-corrected chi connectivity index (χ2v) is 5.85. The molecular weight excluding hydrogens is 242 g/mol. The molecule has 0 heterocycles. The summed E-state index contributed by atoms with van der Waals surface area (Å²) < 4.78 is 5.42. The molecular formula is C14H27N3O2. The van der Waals surface area contributed by atoms with Crippen molar-refractivity contribution in [3.05, 3.63) is 0 Å². The van der Waals surface area contributed by atoms with Crippen LogP contribution in [-0.4, -0.2) is 51.3 Å². The van der Waals surface area contributed by atoms with Crippen LogP contribution in [0.5, 0.6) is 0 Å². The van der Waals surface area contributed by atoms with E-state index in [2.05, 4.69) is 16.0 Å². The van der Waals surface area contributed by atoms with Gasteiger partial charge in [-0.05, 0) is 59.2 Å². The van der Waals surface area contributed by atoms with E-state index < -0.39 is 0 Å². The van der Waals surface area contributed by atoms with Crippen LogP contribution in [0.2, 0.25) is 0 Å². The van der Waals surface area contributed by atoms with Crippen LogP contribution in [0.25, 0.3) is 0 Å². The average Bonchev–Trinajstić information content (AvgIpc) is 2.47. The van der Waals surface area contributed by atoms with E-state index >= 15 is 0 Å². The summed E-state index contributed by atoms with van der Waals surface area (Å²) in [5, 5.41) is 10.4. The van der Waals surface area contributed by atoms with Gasteiger partial charge in [-0.2, -0.15) is 0 Å². The molecule has 2 fully saturated rings. The SMILES string of the molecule is CNC1CCC2(NC)C(OC=O)CCC(NC)C2C1. The second-order valence-electron chi connectivity index (χ2n) is 5.85. The summed E-state index contributed by atoms with van der Waals surface area (Å²) in [7, 11) is 6.08. The Balaban J connectivity index is 2.25. The second kappa shape index (κ2) is 6.20. The Bertz CT molecular complexity index is 313. The molecule has 0 aliphatic heterocycles. The number of hydrogen-bond acceptors (Lipinski definition) is 5. The molecule has 0 aromatic carbocycles. The first-order chi connectivity index (χ1) is 9.21. The first-order valence-electron chi connectivity index (χ1n) is 7.34. The summed E-state index contributed by atoms with van der Waals surface area (Å²) >= 11 is 0. The lowest BCUT2D eigenvalue weighted by Crippen LogP contribution is -2.69. The van der Waals surface area contributed by atoms with E-state index in [9.17, 15) is 4.79 Å². The van der Waals surface area contributed by atoms with Gasteiger partial charge in [0.1, 0.15) is 6.10 Å². The van der Waals surface area contributed by atoms with Crippen molar-refractivity contribution >= 4 is 6.47 Å². The molecule has 5 atom stereocenters. The van der Waals surface area contributed by atoms with Gasteiger partial charge in [0.05, 0.1) is 5.54 Å². The highest BCUT2D eigenvalue weighted by atomic mass is 16.5. The predicted molar refractivity (Wildman–Crippen MR) is 75.0 cm³/mol. The summed E-state index contributed by atoms with van der Waals surface area (Å²) in [6, 6.07) is 1.06. The van der Waals surface area contributed by atoms with Gasteiger partial charge < -0.3 is 20.7 Å². The molecule has 0 saturated heterocycles. The smallest absolute Gasteiger partial charge is 0.293 e. The molecule has 0 aromatic heterocycles. The fourth-order valence-corrected chi connectivity index (χ4v) is 4.28. The summed E-state index contributed by atoms with van der Waals surface area (Å²) in [4.78, 5) is 10.8. The van der Waals surface area contributed by atoms with Crippen LogP contribution < -0.4 is 16.0 Å². The molecule has 5 nitrogen and oxygen atoms in total. The minimum Gasteiger partial charge on any atom is -0.463 e. The van der Waals surface area contributed by atoms with Crippen molar-refractivity contribution in [1.29, 1.82) is 0 Å². The molecule has 3 N–H and O–H groups in total. The molecule has 5 heteroatoms. The number of hydrogen-bond donors (Lipinski definition) is 3. The molecule has 0 amide bonds. The molecule has 2 rings (SSSR count). The number of nitrogens with one attached hydrogen (secondary N) is 3. The van der Waals surface area contributed by atoms with Crippen LogP contribution in [-0.2, 0) is 9.53 Å². The van der Waals surface area contributed by atoms with Gasteiger partial charge in [-0.3, -0.25) is 4.79 Å². The number of likely N-dealkylation sites (N-methyl/N-ethyl adjacent to an activating group) is 1. The first-order valence-corrected chi connectivity index (χ1v) is 7.34. The Hall–Kier alpha value is -0.650. The van der Waals surface area contributed by atoms with Crippen molar-refractivity contribution in [2.75, 3.05) is 21.1 Å². The summed E-state index contributed by atoms with van der Waals surface area (Å²) in [6.07, 6.45) is 5.31. The van der Waals surface area contributed by atoms with E-state index in [0.717, 1.165) is 32.1 Å². The van der Waals surface area contributed by atoms with E-state index in [1.54, 1.807) is 0 Å². The first kappa shape index (κ1) is 14.8. The number of fused-ring (bicyclic) bond motifs is 1. The van der Waals surface area contributed by atoms with Gasteiger partial charge in [-0.15, -0.1) is 0 Å². The van der Waals surface area contributed by atoms with E-state index in [1.807, 2.05) is 21.1 Å². The predicted octanol–water partition coefficient (Wildman–Crippen LogP) is 0.256. The zero-order valence-electron chi connectivity index (χ0n) is 12.2. The Morgan fingerprint density at radius 1 is 1.16 bits per heavy atom. The Labute approximate surface area is 115 Å². The number of ether oxygens (including phenoxy) is 1. The van der Waals surface area contributed by atoms with Crippen LogP contribution in [0.15, 0.2) is 0 Å². The molecule has 0 bridgehead atoms. The zero-order valence-corrected chi connectivity index (χ0v) is 12.2. The maximum atomic E-state index is 10.8. The van der Waals surface area contributed by atoms with Crippen LogP contribution in [0.4, 0.5) is 0 Å². The van der Waals surface area contributed by atoms with Crippen molar-refractivity contribution in [2.24, 2.45) is 5.92 Å². The third-order valence-corrected chi connectivity index (χ3v) is 5.37. The molecule has 5 unspecified atom stereocenters. The topological polar surface area (TPSA) is 62.4 Å². The van der Waals surface area contributed by atoms with E-state index in [1.165, 1.54) is 0 Å². The van der Waals surface area contributed by atoms with Crippen molar-refractivity contribution in [3.8, 4) is 0 Å². The van der Waals surface area contributed by atoms with Crippen molar-refractivity contribution in [1.82, 2.24) is 16.0 Å². The Morgan fingerprint density at radius 2 is 1.95 bits per heavy atom. The van der Waals surface area contributed by atoms with E-state index in [-0.39, 0.29) is 11.6 Å². The summed E-state index contributed by atoms with van der Waals surface area (Å²) in [6.45, 7) is 0.616. The highest BCUT2D eigenvalue weighted by Crippen LogP contribution is 2.44. The lowest BCUT2D eigenvalue weighted by Gasteiger charge is -2.55. The third-order valence-electron chi connectivity index (χ3n) is 5.37. The lowest BCUT2D eigenvalue weighted by molar-refractivity contribution is -0.146. The Morgan fingerprint density at radius 3 is 2.53 bits per heavy atom. The van der Waals surface area contributed by atoms with Gasteiger partial charge in [-0.1, -0.05) is 0 Å². The fraction of sp³-hybridized carbons (Fsp3) is 0.929. The van der Waals surface area contributed by atoms with Gasteiger partial charge in [0.2, 0.25) is 0 Å². The molecule has 0 radical (unpaired) electrons. The van der Waals surface area contributed by atoms with Gasteiger partial charge in [0.15, 0.2) is 0 Å². The minimum absolute atomic E-state index is 0.00223. The lowest BCUT2D eigenvalue weighted by atomic mass is 9.60. The van der Waals surface area contributed by atoms with Gasteiger partial charge in [0, 0.05) is 12.1 Å². The van der Waals surface area contributed by atoms with Crippen molar-refractivity contribution < 1.29 is 9.53 Å². The van der Waals surface area contributed by atoms with Crippen LogP contribution in [0.1, 0.15) is 32.1 Å². The molecule has 2 aliphatic rings. The average molecular weight is 269 g/mol. The van der Waals surface area contributed by atoms with E-state index in [4.69, 9.17) is 4.74 Å². The molecule has 19 heavy (non-hydrogen) atoms. The number of rotatable bonds is 5. The normalized spacial score (nSPS) is 42.5. The van der Waals surface area contributed by atoms with Crippen molar-refractivity contribution in [3.63, 3.8) is 0 Å². The summed E-state index contributed by atoms with van der Waals surface area (Å²) in [5.74, 6) is 0.493. The fourth-order valence-electron chi connectivity index (χ4n) is 4.28. The van der Waals surface area contributed by atoms with Crippen LogP contribution in [0, 0.1) is 5.92 Å². The van der Waals surface area contributed by atoms with Gasteiger partial charge in [0.25, 0.3) is 6.47 Å². The minimum atomic E-state index is -0.0693. The number of carbonyl (C=O) groups is 1. The quantitative estimate of drug-likeness (QED) is 0.625. The van der Waals surface area contributed by atoms with Crippen LogP contribution in [0.3, 0.4) is 0 Å². The van der Waals surface area contributed by atoms with Gasteiger partial charge >= 0.3 is 0 Å². The maximum absolute atomic E-state index is 10.8. The summed E-state index contributed by atoms with van der Waals surface area (Å²) in [5.41, 5.74) is -0.0693. The Kier molecular flexibility index (Phi) is 4.81. The molecule has 0 aromatic rings. The molecule has 0 spiro atoms. The largest absolute Gasteiger partial charge is 0.463 e. The maximum Gasteiger partial charge on any atom is 0.293 e. The van der Waals surface area contributed by atoms with Crippen molar-refractivity contribution in [2.45, 2.75) is 55.8 Å². The highest BCUT2D eigenvalue weighted by molar-refractivity contribution is 5.38. The molecule has 110 valence electrons. The standard InChI is InChI=1S/C14H27N3O2/c1-15-10-6-7-14(17-3)11(8-10)12(16-2)4-5-13(14)19-9-18/h9-13,15-17H,4-8H2,1-3H3.